The zero-order valence-corrected chi connectivity index (χ0v) is 12.3. The van der Waals surface area contributed by atoms with E-state index in [9.17, 15) is 23.4 Å². The molecule has 2 unspecified atom stereocenters. The molecule has 0 saturated heterocycles. The van der Waals surface area contributed by atoms with Crippen LogP contribution in [0.1, 0.15) is 31.2 Å². The summed E-state index contributed by atoms with van der Waals surface area (Å²) < 4.78 is 38.5. The van der Waals surface area contributed by atoms with Crippen molar-refractivity contribution in [3.8, 4) is 5.75 Å². The van der Waals surface area contributed by atoms with Crippen LogP contribution in [0.15, 0.2) is 24.3 Å². The average Bonchev–Trinajstić information content (AvgIpc) is 2.48. The number of aliphatic hydroxyl groups is 1. The topological polar surface area (TPSA) is 52.5 Å². The van der Waals surface area contributed by atoms with Gasteiger partial charge in [-0.3, -0.25) is 0 Å². The average molecular weight is 317 g/mol. The molecule has 6 heteroatoms. The van der Waals surface area contributed by atoms with Gasteiger partial charge in [-0.15, -0.1) is 0 Å². The van der Waals surface area contributed by atoms with E-state index in [4.69, 9.17) is 0 Å². The summed E-state index contributed by atoms with van der Waals surface area (Å²) in [6.07, 6.45) is -2.08. The summed E-state index contributed by atoms with van der Waals surface area (Å²) in [6.45, 7) is -0.131. The van der Waals surface area contributed by atoms with Gasteiger partial charge in [0.1, 0.15) is 5.75 Å². The number of hydrogen-bond acceptors (Lipinski definition) is 3. The molecule has 3 nitrogen and oxygen atoms in total. The first-order chi connectivity index (χ1) is 10.4. The van der Waals surface area contributed by atoms with Gasteiger partial charge in [0, 0.05) is 12.1 Å². The fourth-order valence-corrected chi connectivity index (χ4v) is 3.06. The van der Waals surface area contributed by atoms with Crippen molar-refractivity contribution in [3.05, 3.63) is 29.8 Å². The molecule has 22 heavy (non-hydrogen) atoms. The monoisotopic (exact) mass is 317 g/mol. The molecule has 1 aliphatic carbocycles. The Labute approximate surface area is 128 Å². The van der Waals surface area contributed by atoms with Gasteiger partial charge in [0.25, 0.3) is 0 Å². The number of aliphatic hydroxyl groups excluding tert-OH is 1. The first-order valence-corrected chi connectivity index (χ1v) is 7.60. The Hall–Kier alpha value is -1.27. The van der Waals surface area contributed by atoms with Crippen molar-refractivity contribution >= 4 is 0 Å². The van der Waals surface area contributed by atoms with Crippen molar-refractivity contribution in [2.45, 2.75) is 50.4 Å². The molecule has 0 radical (unpaired) electrons. The second-order valence-electron chi connectivity index (χ2n) is 6.02. The molecule has 1 aliphatic rings. The SMILES string of the molecule is OC[C@H](Cc1ccc(O)cc1)NC1CCCC(C(F)(F)F)C1. The van der Waals surface area contributed by atoms with Crippen molar-refractivity contribution in [1.82, 2.24) is 5.32 Å². The van der Waals surface area contributed by atoms with Crippen molar-refractivity contribution in [2.24, 2.45) is 5.92 Å². The van der Waals surface area contributed by atoms with Crippen molar-refractivity contribution in [3.63, 3.8) is 0 Å². The molecule has 2 rings (SSSR count). The lowest BCUT2D eigenvalue weighted by atomic mass is 9.84. The van der Waals surface area contributed by atoms with E-state index in [0.29, 0.717) is 19.3 Å². The van der Waals surface area contributed by atoms with E-state index in [0.717, 1.165) is 5.56 Å². The number of nitrogens with one attached hydrogen (secondary N) is 1. The van der Waals surface area contributed by atoms with E-state index in [-0.39, 0.29) is 37.3 Å². The Morgan fingerprint density at radius 1 is 1.18 bits per heavy atom. The molecule has 0 aromatic heterocycles. The number of rotatable bonds is 5. The summed E-state index contributed by atoms with van der Waals surface area (Å²) in [7, 11) is 0. The number of phenols is 1. The molecule has 0 spiro atoms. The third-order valence-electron chi connectivity index (χ3n) is 4.25. The zero-order chi connectivity index (χ0) is 16.2. The van der Waals surface area contributed by atoms with Gasteiger partial charge in [-0.05, 0) is 43.4 Å². The molecule has 1 saturated carbocycles. The molecule has 1 fully saturated rings. The van der Waals surface area contributed by atoms with Gasteiger partial charge in [-0.25, -0.2) is 0 Å². The summed E-state index contributed by atoms with van der Waals surface area (Å²) >= 11 is 0. The molecule has 1 aromatic carbocycles. The van der Waals surface area contributed by atoms with E-state index in [1.165, 1.54) is 0 Å². The second-order valence-corrected chi connectivity index (χ2v) is 6.02. The van der Waals surface area contributed by atoms with E-state index >= 15 is 0 Å². The summed E-state index contributed by atoms with van der Waals surface area (Å²) in [5.41, 5.74) is 0.924. The Bertz CT molecular complexity index is 461. The fourth-order valence-electron chi connectivity index (χ4n) is 3.06. The van der Waals surface area contributed by atoms with Crippen LogP contribution in [0.5, 0.6) is 5.75 Å². The summed E-state index contributed by atoms with van der Waals surface area (Å²) in [4.78, 5) is 0. The van der Waals surface area contributed by atoms with E-state index in [1.54, 1.807) is 24.3 Å². The minimum Gasteiger partial charge on any atom is -0.508 e. The molecule has 3 N–H and O–H groups in total. The van der Waals surface area contributed by atoms with Crippen LogP contribution in [0.4, 0.5) is 13.2 Å². The third kappa shape index (κ3) is 4.88. The lowest BCUT2D eigenvalue weighted by Crippen LogP contribution is -2.45. The van der Waals surface area contributed by atoms with Gasteiger partial charge in [0.2, 0.25) is 0 Å². The van der Waals surface area contributed by atoms with Crippen LogP contribution in [0.3, 0.4) is 0 Å². The summed E-state index contributed by atoms with van der Waals surface area (Å²) in [5.74, 6) is -1.08. The van der Waals surface area contributed by atoms with Crippen LogP contribution in [0, 0.1) is 5.92 Å². The van der Waals surface area contributed by atoms with E-state index < -0.39 is 12.1 Å². The van der Waals surface area contributed by atoms with E-state index in [1.807, 2.05) is 0 Å². The molecule has 0 heterocycles. The minimum absolute atomic E-state index is 0.0789. The van der Waals surface area contributed by atoms with Gasteiger partial charge in [0.15, 0.2) is 0 Å². The molecule has 0 aliphatic heterocycles. The maximum absolute atomic E-state index is 12.8. The molecule has 0 bridgehead atoms. The van der Waals surface area contributed by atoms with Gasteiger partial charge < -0.3 is 15.5 Å². The third-order valence-corrected chi connectivity index (χ3v) is 4.25. The van der Waals surface area contributed by atoms with Crippen LogP contribution < -0.4 is 5.32 Å². The lowest BCUT2D eigenvalue weighted by molar-refractivity contribution is -0.183. The van der Waals surface area contributed by atoms with E-state index in [2.05, 4.69) is 5.32 Å². The fraction of sp³-hybridized carbons (Fsp3) is 0.625. The zero-order valence-electron chi connectivity index (χ0n) is 12.3. The molecular weight excluding hydrogens is 295 g/mol. The standard InChI is InChI=1S/C16H22F3NO2/c17-16(18,19)12-2-1-3-13(9-12)20-14(10-21)8-11-4-6-15(22)7-5-11/h4-7,12-14,20-22H,1-3,8-10H2/t12?,13?,14-/m0/s1. The highest BCUT2D eigenvalue weighted by Crippen LogP contribution is 2.37. The smallest absolute Gasteiger partial charge is 0.391 e. The second kappa shape index (κ2) is 7.33. The van der Waals surface area contributed by atoms with Crippen molar-refractivity contribution in [2.75, 3.05) is 6.61 Å². The number of benzene rings is 1. The van der Waals surface area contributed by atoms with Gasteiger partial charge in [0.05, 0.1) is 12.5 Å². The Kier molecular flexibility index (Phi) is 5.69. The number of halogens is 3. The minimum atomic E-state index is -4.13. The molecule has 3 atom stereocenters. The number of alkyl halides is 3. The number of hydrogen-bond donors (Lipinski definition) is 3. The van der Waals surface area contributed by atoms with Crippen LogP contribution in [0.2, 0.25) is 0 Å². The van der Waals surface area contributed by atoms with Gasteiger partial charge in [-0.2, -0.15) is 13.2 Å². The highest BCUT2D eigenvalue weighted by atomic mass is 19.4. The Morgan fingerprint density at radius 3 is 2.45 bits per heavy atom. The predicted molar refractivity (Wildman–Crippen MR) is 77.6 cm³/mol. The number of phenolic OH excluding ortho intramolecular Hbond substituents is 1. The lowest BCUT2D eigenvalue weighted by Gasteiger charge is -2.33. The summed E-state index contributed by atoms with van der Waals surface area (Å²) in [5, 5.41) is 21.9. The Balaban J connectivity index is 1.90. The quantitative estimate of drug-likeness (QED) is 0.782. The normalized spacial score (nSPS) is 24.2. The molecule has 1 aromatic rings. The van der Waals surface area contributed by atoms with Crippen LogP contribution >= 0.6 is 0 Å². The van der Waals surface area contributed by atoms with Crippen LogP contribution in [-0.4, -0.2) is 35.1 Å². The van der Waals surface area contributed by atoms with Crippen molar-refractivity contribution in [1.29, 1.82) is 0 Å². The summed E-state index contributed by atoms with van der Waals surface area (Å²) in [6, 6.07) is 6.13. The van der Waals surface area contributed by atoms with Gasteiger partial charge >= 0.3 is 6.18 Å². The maximum Gasteiger partial charge on any atom is 0.391 e. The first kappa shape index (κ1) is 17.1. The molecule has 124 valence electrons. The molecule has 0 amide bonds. The maximum atomic E-state index is 12.8. The van der Waals surface area contributed by atoms with Crippen LogP contribution in [0.25, 0.3) is 0 Å². The number of aromatic hydroxyl groups is 1. The Morgan fingerprint density at radius 2 is 1.86 bits per heavy atom. The first-order valence-electron chi connectivity index (χ1n) is 7.60. The largest absolute Gasteiger partial charge is 0.508 e. The van der Waals surface area contributed by atoms with Gasteiger partial charge in [-0.1, -0.05) is 18.6 Å². The van der Waals surface area contributed by atoms with Crippen LogP contribution in [-0.2, 0) is 6.42 Å². The molecular formula is C16H22F3NO2. The highest BCUT2D eigenvalue weighted by molar-refractivity contribution is 5.26. The predicted octanol–water partition coefficient (Wildman–Crippen LogP) is 3.01. The highest BCUT2D eigenvalue weighted by Gasteiger charge is 2.42. The van der Waals surface area contributed by atoms with Crippen molar-refractivity contribution < 1.29 is 23.4 Å².